The molecule has 0 spiro atoms. The average molecular weight is 441 g/mol. The third-order valence-corrected chi connectivity index (χ3v) is 5.54. The van der Waals surface area contributed by atoms with Gasteiger partial charge in [0.1, 0.15) is 12.3 Å². The largest absolute Gasteiger partial charge is 1.00 e. The minimum absolute atomic E-state index is 0. The third kappa shape index (κ3) is 2.61. The van der Waals surface area contributed by atoms with E-state index in [9.17, 15) is 0 Å². The van der Waals surface area contributed by atoms with Crippen molar-refractivity contribution in [3.05, 3.63) is 34.6 Å². The standard InChI is InChI=1S/C19H24NO3.HI/c1-21-17-7-6-15-13(17)4-5-16-14-11-19(23-3)18(22-2)10-12(14)8-9-20(15)16;/h10-11,16H,4-9H2,1-3H3;1H/q+1;/p-1. The molecule has 0 saturated carbocycles. The maximum absolute atomic E-state index is 5.59. The summed E-state index contributed by atoms with van der Waals surface area (Å²) < 4.78 is 19.2. The molecule has 1 unspecified atom stereocenters. The van der Waals surface area contributed by atoms with Gasteiger partial charge in [-0.15, -0.1) is 0 Å². The fourth-order valence-electron chi connectivity index (χ4n) is 4.46. The van der Waals surface area contributed by atoms with E-state index in [2.05, 4.69) is 16.7 Å². The molecule has 0 fully saturated rings. The van der Waals surface area contributed by atoms with Gasteiger partial charge >= 0.3 is 0 Å². The summed E-state index contributed by atoms with van der Waals surface area (Å²) in [5.41, 5.74) is 5.79. The molecule has 0 amide bonds. The van der Waals surface area contributed by atoms with E-state index in [1.807, 2.05) is 0 Å². The van der Waals surface area contributed by atoms with Crippen molar-refractivity contribution in [1.29, 1.82) is 0 Å². The lowest BCUT2D eigenvalue weighted by Crippen LogP contribution is -3.00. The van der Waals surface area contributed by atoms with Crippen LogP contribution >= 0.6 is 0 Å². The van der Waals surface area contributed by atoms with E-state index in [-0.39, 0.29) is 24.0 Å². The van der Waals surface area contributed by atoms with Gasteiger partial charge in [0, 0.05) is 31.2 Å². The summed E-state index contributed by atoms with van der Waals surface area (Å²) in [7, 11) is 5.22. The number of hydrogen-bond acceptors (Lipinski definition) is 3. The van der Waals surface area contributed by atoms with Crippen molar-refractivity contribution in [2.45, 2.75) is 38.1 Å². The lowest BCUT2D eigenvalue weighted by Gasteiger charge is -2.30. The Morgan fingerprint density at radius 2 is 1.67 bits per heavy atom. The minimum atomic E-state index is 0. The Kier molecular flexibility index (Phi) is 5.08. The van der Waals surface area contributed by atoms with E-state index >= 15 is 0 Å². The smallest absolute Gasteiger partial charge is 0.183 e. The van der Waals surface area contributed by atoms with Crippen molar-refractivity contribution in [2.24, 2.45) is 0 Å². The molecule has 2 aliphatic heterocycles. The zero-order valence-electron chi connectivity index (χ0n) is 14.5. The number of allylic oxidation sites excluding steroid dienone is 2. The zero-order valence-corrected chi connectivity index (χ0v) is 16.7. The number of nitrogens with zero attached hydrogens (tertiary/aromatic N) is 1. The summed E-state index contributed by atoms with van der Waals surface area (Å²) in [6.07, 6.45) is 5.51. The van der Waals surface area contributed by atoms with Crippen LogP contribution in [0.3, 0.4) is 0 Å². The predicted octanol–water partition coefficient (Wildman–Crippen LogP) is 0.247. The van der Waals surface area contributed by atoms with E-state index in [1.165, 1.54) is 28.2 Å². The fourth-order valence-corrected chi connectivity index (χ4v) is 4.46. The van der Waals surface area contributed by atoms with Gasteiger partial charge in [0.15, 0.2) is 23.3 Å². The second-order valence-corrected chi connectivity index (χ2v) is 6.46. The van der Waals surface area contributed by atoms with Crippen LogP contribution < -0.4 is 33.5 Å². The van der Waals surface area contributed by atoms with E-state index in [0.717, 1.165) is 50.1 Å². The Morgan fingerprint density at radius 3 is 2.38 bits per heavy atom. The molecule has 4 rings (SSSR count). The average Bonchev–Trinajstić information content (AvgIpc) is 3.03. The van der Waals surface area contributed by atoms with Crippen molar-refractivity contribution in [3.63, 3.8) is 0 Å². The first-order chi connectivity index (χ1) is 11.3. The van der Waals surface area contributed by atoms with Crippen LogP contribution in [-0.2, 0) is 11.2 Å². The molecule has 3 aliphatic rings. The summed E-state index contributed by atoms with van der Waals surface area (Å²) in [6.45, 7) is 1.09. The third-order valence-electron chi connectivity index (χ3n) is 5.54. The highest BCUT2D eigenvalue weighted by Gasteiger charge is 2.42. The molecule has 0 bridgehead atoms. The molecule has 0 saturated heterocycles. The Labute approximate surface area is 160 Å². The maximum atomic E-state index is 5.59. The lowest BCUT2D eigenvalue weighted by molar-refractivity contribution is -0.580. The van der Waals surface area contributed by atoms with Crippen LogP contribution in [0.25, 0.3) is 0 Å². The first-order valence-corrected chi connectivity index (χ1v) is 8.40. The van der Waals surface area contributed by atoms with Gasteiger partial charge < -0.3 is 38.2 Å². The van der Waals surface area contributed by atoms with Gasteiger partial charge in [-0.05, 0) is 24.1 Å². The summed E-state index contributed by atoms with van der Waals surface area (Å²) in [6, 6.07) is 4.82. The summed E-state index contributed by atoms with van der Waals surface area (Å²) in [4.78, 5) is 0. The Morgan fingerprint density at radius 1 is 0.917 bits per heavy atom. The zero-order chi connectivity index (χ0) is 16.0. The molecule has 0 N–H and O–H groups in total. The van der Waals surface area contributed by atoms with E-state index in [1.54, 1.807) is 21.3 Å². The number of rotatable bonds is 3. The van der Waals surface area contributed by atoms with Crippen LogP contribution in [0.15, 0.2) is 23.5 Å². The van der Waals surface area contributed by atoms with Gasteiger partial charge in [-0.2, -0.15) is 0 Å². The van der Waals surface area contributed by atoms with Gasteiger partial charge in [0.2, 0.25) is 0 Å². The van der Waals surface area contributed by atoms with E-state index in [4.69, 9.17) is 14.2 Å². The van der Waals surface area contributed by atoms with Crippen molar-refractivity contribution in [2.75, 3.05) is 27.9 Å². The second-order valence-electron chi connectivity index (χ2n) is 6.46. The van der Waals surface area contributed by atoms with Crippen molar-refractivity contribution < 1.29 is 42.8 Å². The molecule has 5 heteroatoms. The Balaban J connectivity index is 0.00000169. The van der Waals surface area contributed by atoms with Crippen LogP contribution in [0.4, 0.5) is 0 Å². The summed E-state index contributed by atoms with van der Waals surface area (Å²) >= 11 is 0. The highest BCUT2D eigenvalue weighted by Crippen LogP contribution is 2.43. The first-order valence-electron chi connectivity index (χ1n) is 8.40. The molecule has 1 aromatic rings. The number of benzene rings is 1. The van der Waals surface area contributed by atoms with E-state index < -0.39 is 0 Å². The second kappa shape index (κ2) is 6.94. The molecule has 4 nitrogen and oxygen atoms in total. The number of halogens is 1. The number of methoxy groups -OCH3 is 3. The van der Waals surface area contributed by atoms with E-state index in [0.29, 0.717) is 6.04 Å². The Bertz CT molecular complexity index is 724. The van der Waals surface area contributed by atoms with Gasteiger partial charge in [0.05, 0.1) is 26.9 Å². The van der Waals surface area contributed by atoms with Crippen LogP contribution in [0.1, 0.15) is 42.9 Å². The SMILES string of the molecule is COC1=C2CCC3c4cc(OC)c(OC)cc4CC[N+]3=C2CC1.[I-]. The highest BCUT2D eigenvalue weighted by molar-refractivity contribution is 5.99. The Hall–Kier alpha value is -1.24. The molecule has 130 valence electrons. The van der Waals surface area contributed by atoms with Crippen LogP contribution in [0.2, 0.25) is 0 Å². The molecule has 1 atom stereocenters. The maximum Gasteiger partial charge on any atom is 0.183 e. The van der Waals surface area contributed by atoms with Crippen molar-refractivity contribution in [1.82, 2.24) is 0 Å². The van der Waals surface area contributed by atoms with Gasteiger partial charge in [0.25, 0.3) is 0 Å². The molecule has 0 radical (unpaired) electrons. The fraction of sp³-hybridized carbons (Fsp3) is 0.526. The van der Waals surface area contributed by atoms with Gasteiger partial charge in [-0.3, -0.25) is 0 Å². The molecule has 0 aromatic heterocycles. The highest BCUT2D eigenvalue weighted by atomic mass is 127. The summed E-state index contributed by atoms with van der Waals surface area (Å²) in [5.74, 6) is 2.88. The van der Waals surface area contributed by atoms with Gasteiger partial charge in [-0.25, -0.2) is 4.58 Å². The molecule has 2 heterocycles. The molecular formula is C19H24INO3. The molecular weight excluding hydrogens is 417 g/mol. The van der Waals surface area contributed by atoms with Gasteiger partial charge in [-0.1, -0.05) is 0 Å². The molecule has 1 aromatic carbocycles. The first kappa shape index (κ1) is 17.6. The number of hydrogen-bond donors (Lipinski definition) is 0. The monoisotopic (exact) mass is 441 g/mol. The normalized spacial score (nSPS) is 21.5. The number of fused-ring (bicyclic) bond motifs is 4. The topological polar surface area (TPSA) is 30.7 Å². The van der Waals surface area contributed by atoms with Crippen molar-refractivity contribution in [3.8, 4) is 11.5 Å². The van der Waals surface area contributed by atoms with Crippen LogP contribution in [0.5, 0.6) is 11.5 Å². The van der Waals surface area contributed by atoms with Crippen LogP contribution in [-0.4, -0.2) is 38.2 Å². The minimum Gasteiger partial charge on any atom is -1.00 e. The quantitative estimate of drug-likeness (QED) is 0.498. The van der Waals surface area contributed by atoms with Crippen molar-refractivity contribution >= 4 is 5.71 Å². The molecule has 24 heavy (non-hydrogen) atoms. The van der Waals surface area contributed by atoms with Crippen LogP contribution in [0, 0.1) is 0 Å². The number of ether oxygens (including phenoxy) is 3. The predicted molar refractivity (Wildman–Crippen MR) is 88.6 cm³/mol. The molecule has 1 aliphatic carbocycles. The lowest BCUT2D eigenvalue weighted by atomic mass is 9.85. The summed E-state index contributed by atoms with van der Waals surface area (Å²) in [5, 5.41) is 0.